The summed E-state index contributed by atoms with van der Waals surface area (Å²) in [5, 5.41) is 4.17. The summed E-state index contributed by atoms with van der Waals surface area (Å²) in [4.78, 5) is 4.21. The van der Waals surface area contributed by atoms with Crippen LogP contribution >= 0.6 is 11.6 Å². The van der Waals surface area contributed by atoms with Crippen molar-refractivity contribution < 1.29 is 13.7 Å². The second-order valence-corrected chi connectivity index (χ2v) is 5.10. The molecular weight excluding hydrogens is 319 g/mol. The van der Waals surface area contributed by atoms with E-state index in [-0.39, 0.29) is 11.7 Å². The number of halogens is 2. The molecular formula is C17H12ClFN2O2. The minimum atomic E-state index is -0.324. The zero-order valence-corrected chi connectivity index (χ0v) is 12.9. The summed E-state index contributed by atoms with van der Waals surface area (Å²) in [6, 6.07) is 13.2. The molecule has 1 heterocycles. The molecule has 0 fully saturated rings. The number of ether oxygens (including phenoxy) is 1. The van der Waals surface area contributed by atoms with Crippen LogP contribution in [0.15, 0.2) is 53.1 Å². The fraction of sp³-hybridized carbons (Fsp3) is 0.0588. The normalized spacial score (nSPS) is 11.5. The van der Waals surface area contributed by atoms with Gasteiger partial charge in [0.15, 0.2) is 0 Å². The quantitative estimate of drug-likeness (QED) is 0.700. The minimum absolute atomic E-state index is 0.196. The maximum absolute atomic E-state index is 12.9. The first-order chi connectivity index (χ1) is 11.2. The molecule has 0 saturated heterocycles. The zero-order valence-electron chi connectivity index (χ0n) is 12.2. The summed E-state index contributed by atoms with van der Waals surface area (Å²) < 4.78 is 23.2. The lowest BCUT2D eigenvalue weighted by Crippen LogP contribution is -1.83. The molecule has 0 saturated carbocycles. The van der Waals surface area contributed by atoms with Gasteiger partial charge in [-0.15, -0.1) is 0 Å². The van der Waals surface area contributed by atoms with E-state index in [2.05, 4.69) is 10.1 Å². The average molecular weight is 331 g/mol. The molecule has 0 spiro atoms. The maximum atomic E-state index is 12.9. The number of benzene rings is 2. The SMILES string of the molecule is COc1ccc(/C=C(\Cl)c2nc(-c3ccc(F)cc3)no2)cc1. The number of rotatable bonds is 4. The van der Waals surface area contributed by atoms with E-state index in [9.17, 15) is 4.39 Å². The first-order valence-electron chi connectivity index (χ1n) is 6.77. The van der Waals surface area contributed by atoms with Gasteiger partial charge in [0.2, 0.25) is 5.82 Å². The van der Waals surface area contributed by atoms with Gasteiger partial charge in [0, 0.05) is 5.56 Å². The molecule has 0 aliphatic rings. The number of hydrogen-bond acceptors (Lipinski definition) is 4. The topological polar surface area (TPSA) is 48.2 Å². The van der Waals surface area contributed by atoms with E-state index >= 15 is 0 Å². The summed E-state index contributed by atoms with van der Waals surface area (Å²) >= 11 is 6.21. The van der Waals surface area contributed by atoms with Crippen molar-refractivity contribution >= 4 is 22.7 Å². The van der Waals surface area contributed by atoms with E-state index in [1.54, 1.807) is 25.3 Å². The first-order valence-corrected chi connectivity index (χ1v) is 7.15. The van der Waals surface area contributed by atoms with E-state index < -0.39 is 0 Å². The number of methoxy groups -OCH3 is 1. The standard InChI is InChI=1S/C17H12ClFN2O2/c1-22-14-8-2-11(3-9-14)10-15(18)17-20-16(21-23-17)12-4-6-13(19)7-5-12/h2-10H,1H3/b15-10-. The van der Waals surface area contributed by atoms with E-state index in [1.807, 2.05) is 24.3 Å². The van der Waals surface area contributed by atoms with Crippen molar-refractivity contribution in [2.45, 2.75) is 0 Å². The van der Waals surface area contributed by atoms with Gasteiger partial charge in [0.05, 0.1) is 7.11 Å². The molecule has 3 rings (SSSR count). The Morgan fingerprint density at radius 1 is 1.13 bits per heavy atom. The van der Waals surface area contributed by atoms with Crippen LogP contribution in [0.5, 0.6) is 5.75 Å². The third-order valence-corrected chi connectivity index (χ3v) is 3.41. The van der Waals surface area contributed by atoms with Gasteiger partial charge in [-0.05, 0) is 48.0 Å². The molecule has 0 aliphatic heterocycles. The van der Waals surface area contributed by atoms with E-state index in [0.717, 1.165) is 11.3 Å². The van der Waals surface area contributed by atoms with Gasteiger partial charge < -0.3 is 9.26 Å². The summed E-state index contributed by atoms with van der Waals surface area (Å²) in [5.41, 5.74) is 1.52. The Kier molecular flexibility index (Phi) is 4.39. The highest BCUT2D eigenvalue weighted by molar-refractivity contribution is 6.50. The molecule has 23 heavy (non-hydrogen) atoms. The minimum Gasteiger partial charge on any atom is -0.497 e. The lowest BCUT2D eigenvalue weighted by atomic mass is 10.2. The lowest BCUT2D eigenvalue weighted by Gasteiger charge is -1.99. The molecule has 0 bridgehead atoms. The van der Waals surface area contributed by atoms with Crippen LogP contribution in [0, 0.1) is 5.82 Å². The molecule has 6 heteroatoms. The third-order valence-electron chi connectivity index (χ3n) is 3.14. The number of aromatic nitrogens is 2. The molecule has 0 aliphatic carbocycles. The smallest absolute Gasteiger partial charge is 0.269 e. The van der Waals surface area contributed by atoms with Crippen molar-refractivity contribution in [3.8, 4) is 17.1 Å². The molecule has 3 aromatic rings. The Bertz CT molecular complexity index is 827. The van der Waals surface area contributed by atoms with Crippen LogP contribution in [0.3, 0.4) is 0 Å². The van der Waals surface area contributed by atoms with Crippen LogP contribution in [0.25, 0.3) is 22.5 Å². The van der Waals surface area contributed by atoms with Gasteiger partial charge in [0.25, 0.3) is 5.89 Å². The van der Waals surface area contributed by atoms with Crippen LogP contribution in [-0.2, 0) is 0 Å². The van der Waals surface area contributed by atoms with Gasteiger partial charge >= 0.3 is 0 Å². The first kappa shape index (κ1) is 15.2. The molecule has 0 radical (unpaired) electrons. The molecule has 0 N–H and O–H groups in total. The van der Waals surface area contributed by atoms with Crippen LogP contribution < -0.4 is 4.74 Å². The highest BCUT2D eigenvalue weighted by Gasteiger charge is 2.11. The van der Waals surface area contributed by atoms with Gasteiger partial charge in [-0.3, -0.25) is 0 Å². The van der Waals surface area contributed by atoms with Crippen molar-refractivity contribution in [3.63, 3.8) is 0 Å². The molecule has 0 atom stereocenters. The van der Waals surface area contributed by atoms with Crippen molar-refractivity contribution in [3.05, 3.63) is 65.8 Å². The largest absolute Gasteiger partial charge is 0.497 e. The molecule has 4 nitrogen and oxygen atoms in total. The van der Waals surface area contributed by atoms with Crippen molar-refractivity contribution in [2.75, 3.05) is 7.11 Å². The van der Waals surface area contributed by atoms with Crippen LogP contribution in [0.2, 0.25) is 0 Å². The monoisotopic (exact) mass is 330 g/mol. The summed E-state index contributed by atoms with van der Waals surface area (Å²) in [7, 11) is 1.60. The molecule has 0 unspecified atom stereocenters. The number of hydrogen-bond donors (Lipinski definition) is 0. The van der Waals surface area contributed by atoms with Gasteiger partial charge in [-0.25, -0.2) is 4.39 Å². The molecule has 0 amide bonds. The van der Waals surface area contributed by atoms with E-state index in [0.29, 0.717) is 16.4 Å². The van der Waals surface area contributed by atoms with Crippen LogP contribution in [0.1, 0.15) is 11.5 Å². The zero-order chi connectivity index (χ0) is 16.2. The number of nitrogens with zero attached hydrogens (tertiary/aromatic N) is 2. The fourth-order valence-corrected chi connectivity index (χ4v) is 2.15. The highest BCUT2D eigenvalue weighted by atomic mass is 35.5. The second-order valence-electron chi connectivity index (χ2n) is 4.70. The van der Waals surface area contributed by atoms with Crippen molar-refractivity contribution in [1.82, 2.24) is 10.1 Å². The summed E-state index contributed by atoms with van der Waals surface area (Å²) in [6.45, 7) is 0. The van der Waals surface area contributed by atoms with Gasteiger partial charge in [-0.2, -0.15) is 4.98 Å². The van der Waals surface area contributed by atoms with Crippen molar-refractivity contribution in [1.29, 1.82) is 0 Å². The fourth-order valence-electron chi connectivity index (χ4n) is 1.94. The summed E-state index contributed by atoms with van der Waals surface area (Å²) in [6.07, 6.45) is 1.71. The lowest BCUT2D eigenvalue weighted by molar-refractivity contribution is 0.410. The van der Waals surface area contributed by atoms with Crippen LogP contribution in [-0.4, -0.2) is 17.3 Å². The Labute approximate surface area is 137 Å². The Balaban J connectivity index is 1.83. The Morgan fingerprint density at radius 2 is 1.83 bits per heavy atom. The Hall–Kier alpha value is -2.66. The average Bonchev–Trinajstić information content (AvgIpc) is 3.06. The molecule has 116 valence electrons. The van der Waals surface area contributed by atoms with Gasteiger partial charge in [0.1, 0.15) is 16.6 Å². The Morgan fingerprint density at radius 3 is 2.48 bits per heavy atom. The van der Waals surface area contributed by atoms with Gasteiger partial charge in [-0.1, -0.05) is 28.9 Å². The van der Waals surface area contributed by atoms with Crippen LogP contribution in [0.4, 0.5) is 4.39 Å². The van der Waals surface area contributed by atoms with E-state index in [4.69, 9.17) is 20.9 Å². The summed E-state index contributed by atoms with van der Waals surface area (Å²) in [5.74, 6) is 0.979. The van der Waals surface area contributed by atoms with Crippen molar-refractivity contribution in [2.24, 2.45) is 0 Å². The third kappa shape index (κ3) is 3.57. The maximum Gasteiger partial charge on any atom is 0.269 e. The molecule has 2 aromatic carbocycles. The predicted molar refractivity (Wildman–Crippen MR) is 86.4 cm³/mol. The van der Waals surface area contributed by atoms with E-state index in [1.165, 1.54) is 12.1 Å². The highest BCUT2D eigenvalue weighted by Crippen LogP contribution is 2.24. The predicted octanol–water partition coefficient (Wildman–Crippen LogP) is 4.62. The molecule has 1 aromatic heterocycles. The second kappa shape index (κ2) is 6.62.